The Bertz CT molecular complexity index is 560. The van der Waals surface area contributed by atoms with Crippen molar-refractivity contribution in [2.45, 2.75) is 12.8 Å². The van der Waals surface area contributed by atoms with Gasteiger partial charge in [0.1, 0.15) is 6.07 Å². The third kappa shape index (κ3) is 3.09. The number of rotatable bonds is 4. The van der Waals surface area contributed by atoms with Gasteiger partial charge in [-0.1, -0.05) is 22.9 Å². The summed E-state index contributed by atoms with van der Waals surface area (Å²) in [5, 5.41) is 15.5. The number of nitrogens with one attached hydrogen (secondary N) is 1. The molecule has 0 amide bonds. The summed E-state index contributed by atoms with van der Waals surface area (Å²) in [6.45, 7) is 2.89. The Morgan fingerprint density at radius 3 is 3.06 bits per heavy atom. The fraction of sp³-hybridized carbons (Fsp3) is 0.231. The molecule has 0 saturated heterocycles. The Labute approximate surface area is 119 Å². The van der Waals surface area contributed by atoms with Crippen LogP contribution in [0.25, 0.3) is 0 Å². The van der Waals surface area contributed by atoms with E-state index in [0.717, 1.165) is 21.7 Å². The highest BCUT2D eigenvalue weighted by Gasteiger charge is 2.09. The van der Waals surface area contributed by atoms with Crippen molar-refractivity contribution in [3.05, 3.63) is 44.8 Å². The average molecular weight is 322 g/mol. The topological polar surface area (TPSA) is 48.7 Å². The van der Waals surface area contributed by atoms with E-state index in [0.29, 0.717) is 11.5 Å². The predicted octanol–water partition coefficient (Wildman–Crippen LogP) is 3.99. The van der Waals surface area contributed by atoms with E-state index >= 15 is 0 Å². The van der Waals surface area contributed by atoms with E-state index in [2.05, 4.69) is 39.2 Å². The summed E-state index contributed by atoms with van der Waals surface area (Å²) in [4.78, 5) is 4.29. The maximum Gasteiger partial charge on any atom is 0.101 e. The van der Waals surface area contributed by atoms with Gasteiger partial charge in [0.25, 0.3) is 0 Å². The van der Waals surface area contributed by atoms with Gasteiger partial charge in [0, 0.05) is 28.5 Å². The first kappa shape index (κ1) is 13.1. The maximum atomic E-state index is 9.07. The number of benzene rings is 1. The van der Waals surface area contributed by atoms with Crippen LogP contribution in [-0.2, 0) is 0 Å². The fourth-order valence-corrected chi connectivity index (χ4v) is 2.65. The summed E-state index contributed by atoms with van der Waals surface area (Å²) in [6, 6.07) is 7.85. The summed E-state index contributed by atoms with van der Waals surface area (Å²) in [6.07, 6.45) is 1.82. The van der Waals surface area contributed by atoms with Crippen molar-refractivity contribution in [1.29, 1.82) is 5.26 Å². The van der Waals surface area contributed by atoms with E-state index in [1.807, 2.05) is 29.8 Å². The van der Waals surface area contributed by atoms with Gasteiger partial charge in [0.15, 0.2) is 0 Å². The summed E-state index contributed by atoms with van der Waals surface area (Å²) in [5.74, 6) is 0.334. The van der Waals surface area contributed by atoms with E-state index in [1.54, 1.807) is 11.3 Å². The molecule has 0 aliphatic carbocycles. The standard InChI is InChI=1S/C13H12BrN3S/c1-9(13-16-4-5-18-13)8-17-12-3-2-11(14)6-10(12)7-15/h2-6,9,17H,8H2,1H3. The Balaban J connectivity index is 2.05. The highest BCUT2D eigenvalue weighted by atomic mass is 79.9. The molecule has 1 unspecified atom stereocenters. The van der Waals surface area contributed by atoms with Gasteiger partial charge in [-0.05, 0) is 18.2 Å². The molecule has 1 aromatic heterocycles. The number of aromatic nitrogens is 1. The summed E-state index contributed by atoms with van der Waals surface area (Å²) in [5.41, 5.74) is 1.51. The van der Waals surface area contributed by atoms with Gasteiger partial charge < -0.3 is 5.32 Å². The van der Waals surface area contributed by atoms with Crippen LogP contribution in [0.2, 0.25) is 0 Å². The Morgan fingerprint density at radius 2 is 2.39 bits per heavy atom. The Morgan fingerprint density at radius 1 is 1.56 bits per heavy atom. The quantitative estimate of drug-likeness (QED) is 0.926. The molecule has 0 bridgehead atoms. The second-order valence-corrected chi connectivity index (χ2v) is 5.80. The number of hydrogen-bond acceptors (Lipinski definition) is 4. The lowest BCUT2D eigenvalue weighted by Crippen LogP contribution is -2.10. The minimum Gasteiger partial charge on any atom is -0.383 e. The van der Waals surface area contributed by atoms with Crippen LogP contribution < -0.4 is 5.32 Å². The lowest BCUT2D eigenvalue weighted by Gasteiger charge is -2.12. The molecule has 0 fully saturated rings. The van der Waals surface area contributed by atoms with Crippen molar-refractivity contribution < 1.29 is 0 Å². The first-order chi connectivity index (χ1) is 8.70. The smallest absolute Gasteiger partial charge is 0.101 e. The van der Waals surface area contributed by atoms with E-state index in [4.69, 9.17) is 5.26 Å². The van der Waals surface area contributed by atoms with Crippen LogP contribution in [0.3, 0.4) is 0 Å². The van der Waals surface area contributed by atoms with Gasteiger partial charge in [0.05, 0.1) is 16.3 Å². The summed E-state index contributed by atoms with van der Waals surface area (Å²) >= 11 is 5.02. The van der Waals surface area contributed by atoms with E-state index in [-0.39, 0.29) is 0 Å². The van der Waals surface area contributed by atoms with Crippen LogP contribution in [0.5, 0.6) is 0 Å². The number of halogens is 1. The molecule has 3 nitrogen and oxygen atoms in total. The van der Waals surface area contributed by atoms with Crippen molar-refractivity contribution in [3.63, 3.8) is 0 Å². The molecule has 1 N–H and O–H groups in total. The van der Waals surface area contributed by atoms with Gasteiger partial charge in [-0.25, -0.2) is 4.98 Å². The second-order valence-electron chi connectivity index (χ2n) is 3.95. The average Bonchev–Trinajstić information content (AvgIpc) is 2.90. The Kier molecular flexibility index (Phi) is 4.34. The molecule has 2 rings (SSSR count). The summed E-state index contributed by atoms with van der Waals surface area (Å²) < 4.78 is 0.914. The largest absolute Gasteiger partial charge is 0.383 e. The monoisotopic (exact) mass is 321 g/mol. The molecule has 2 aromatic rings. The summed E-state index contributed by atoms with van der Waals surface area (Å²) in [7, 11) is 0. The maximum absolute atomic E-state index is 9.07. The molecule has 0 aliphatic heterocycles. The van der Waals surface area contributed by atoms with Gasteiger partial charge in [-0.2, -0.15) is 5.26 Å². The number of nitriles is 1. The van der Waals surface area contributed by atoms with Crippen LogP contribution in [0.4, 0.5) is 5.69 Å². The van der Waals surface area contributed by atoms with E-state index in [9.17, 15) is 0 Å². The van der Waals surface area contributed by atoms with Gasteiger partial charge in [-0.15, -0.1) is 11.3 Å². The molecule has 0 aliphatic rings. The highest BCUT2D eigenvalue weighted by Crippen LogP contribution is 2.22. The van der Waals surface area contributed by atoms with Gasteiger partial charge in [-0.3, -0.25) is 0 Å². The molecule has 5 heteroatoms. The van der Waals surface area contributed by atoms with Crippen LogP contribution in [0, 0.1) is 11.3 Å². The van der Waals surface area contributed by atoms with Crippen LogP contribution in [-0.4, -0.2) is 11.5 Å². The predicted molar refractivity (Wildman–Crippen MR) is 77.9 cm³/mol. The zero-order chi connectivity index (χ0) is 13.0. The molecule has 18 heavy (non-hydrogen) atoms. The van der Waals surface area contributed by atoms with Crippen molar-refractivity contribution in [1.82, 2.24) is 4.98 Å². The SMILES string of the molecule is CC(CNc1ccc(Br)cc1C#N)c1nccs1. The minimum atomic E-state index is 0.334. The number of anilines is 1. The lowest BCUT2D eigenvalue weighted by atomic mass is 10.1. The van der Waals surface area contributed by atoms with Gasteiger partial charge >= 0.3 is 0 Å². The van der Waals surface area contributed by atoms with E-state index in [1.165, 1.54) is 0 Å². The van der Waals surface area contributed by atoms with Crippen LogP contribution in [0.15, 0.2) is 34.2 Å². The first-order valence-corrected chi connectivity index (χ1v) is 7.21. The fourth-order valence-electron chi connectivity index (χ4n) is 1.59. The zero-order valence-electron chi connectivity index (χ0n) is 9.85. The van der Waals surface area contributed by atoms with Crippen molar-refractivity contribution >= 4 is 33.0 Å². The highest BCUT2D eigenvalue weighted by molar-refractivity contribution is 9.10. The van der Waals surface area contributed by atoms with Crippen molar-refractivity contribution in [2.75, 3.05) is 11.9 Å². The van der Waals surface area contributed by atoms with Crippen molar-refractivity contribution in [2.24, 2.45) is 0 Å². The normalized spacial score (nSPS) is 11.8. The number of nitrogens with zero attached hydrogens (tertiary/aromatic N) is 2. The Hall–Kier alpha value is -1.38. The minimum absolute atomic E-state index is 0.334. The molecule has 0 radical (unpaired) electrons. The van der Waals surface area contributed by atoms with E-state index < -0.39 is 0 Å². The molecular weight excluding hydrogens is 310 g/mol. The number of hydrogen-bond donors (Lipinski definition) is 1. The molecule has 1 atom stereocenters. The van der Waals surface area contributed by atoms with Crippen LogP contribution in [0.1, 0.15) is 23.4 Å². The first-order valence-electron chi connectivity index (χ1n) is 5.53. The molecular formula is C13H12BrN3S. The molecule has 0 spiro atoms. The second kappa shape index (κ2) is 5.98. The third-order valence-electron chi connectivity index (χ3n) is 2.57. The molecule has 1 heterocycles. The van der Waals surface area contributed by atoms with Crippen LogP contribution >= 0.6 is 27.3 Å². The molecule has 0 saturated carbocycles. The lowest BCUT2D eigenvalue weighted by molar-refractivity contribution is 0.795. The van der Waals surface area contributed by atoms with Crippen molar-refractivity contribution in [3.8, 4) is 6.07 Å². The number of thiazole rings is 1. The third-order valence-corrected chi connectivity index (χ3v) is 4.07. The molecule has 92 valence electrons. The van der Waals surface area contributed by atoms with Gasteiger partial charge in [0.2, 0.25) is 0 Å². The molecule has 1 aromatic carbocycles. The zero-order valence-corrected chi connectivity index (χ0v) is 12.3.